The maximum Gasteiger partial charge on any atom is 0.230 e. The lowest BCUT2D eigenvalue weighted by Crippen LogP contribution is -2.73. The Morgan fingerprint density at radius 3 is 2.35 bits per heavy atom. The number of carbonyl (C=O) groups excluding carboxylic acids is 3. The zero-order chi connectivity index (χ0) is 34.8. The van der Waals surface area contributed by atoms with Crippen molar-refractivity contribution >= 4 is 28.9 Å². The molecule has 3 unspecified atom stereocenters. The monoisotopic (exact) mass is 667 g/mol. The number of ketones is 2. The Bertz CT molecular complexity index is 1660. The molecule has 14 nitrogen and oxygen atoms in total. The number of β-amino-alcohol motifs (C(OH)–C–C–N with tert-alkyl or cyclic N) is 1. The molecule has 0 spiro atoms. The van der Waals surface area contributed by atoms with E-state index in [2.05, 4.69) is 9.80 Å². The molecule has 2 heterocycles. The van der Waals surface area contributed by atoms with Crippen molar-refractivity contribution in [1.82, 2.24) is 14.7 Å². The van der Waals surface area contributed by atoms with Gasteiger partial charge in [0.15, 0.2) is 11.4 Å². The van der Waals surface area contributed by atoms with Gasteiger partial charge in [-0.15, -0.1) is 0 Å². The van der Waals surface area contributed by atoms with Gasteiger partial charge in [0.25, 0.3) is 0 Å². The Morgan fingerprint density at radius 2 is 1.75 bits per heavy atom. The first kappa shape index (κ1) is 34.1. The summed E-state index contributed by atoms with van der Waals surface area (Å²) in [4.78, 5) is 48.1. The minimum Gasteiger partial charge on any atom is -0.507 e. The summed E-state index contributed by atoms with van der Waals surface area (Å²) in [6, 6.07) is 4.39. The zero-order valence-corrected chi connectivity index (χ0v) is 27.7. The first-order valence-electron chi connectivity index (χ1n) is 16.3. The third-order valence-corrected chi connectivity index (χ3v) is 10.7. The number of piperazine rings is 1. The number of hydrogen-bond donors (Lipinski definition) is 6. The summed E-state index contributed by atoms with van der Waals surface area (Å²) < 4.78 is 6.20. The zero-order valence-electron chi connectivity index (χ0n) is 27.7. The molecule has 1 aliphatic heterocycles. The number of anilines is 1. The molecular weight excluding hydrogens is 622 g/mol. The van der Waals surface area contributed by atoms with Gasteiger partial charge in [0.1, 0.15) is 28.9 Å². The number of likely N-dealkylation sites (N-methyl/N-ethyl adjacent to an activating group) is 1. The van der Waals surface area contributed by atoms with E-state index in [1.54, 1.807) is 31.1 Å². The smallest absolute Gasteiger partial charge is 0.230 e. The summed E-state index contributed by atoms with van der Waals surface area (Å²) in [6.45, 7) is 4.61. The molecule has 14 heteroatoms. The fraction of sp³-hybridized carbons (Fsp3) is 0.559. The summed E-state index contributed by atoms with van der Waals surface area (Å²) in [5.41, 5.74) is 4.12. The fourth-order valence-corrected chi connectivity index (χ4v) is 8.38. The molecule has 3 aliphatic carbocycles. The summed E-state index contributed by atoms with van der Waals surface area (Å²) >= 11 is 0. The predicted octanol–water partition coefficient (Wildman–Crippen LogP) is -0.435. The SMILES string of the molecule is CN(C)c1cc(-c2ccc(CN3CCN(CCO)CC3)o2)c(O)c2c1C[C@H]1C[C@H]3C(N(C)C)C(O)C(C(N)=O)C(=O)[C@@]3(O)C(=O)C1=C2O. The lowest BCUT2D eigenvalue weighted by molar-refractivity contribution is -0.184. The van der Waals surface area contributed by atoms with E-state index in [0.29, 0.717) is 41.4 Å². The van der Waals surface area contributed by atoms with Crippen LogP contribution in [0.15, 0.2) is 28.2 Å². The van der Waals surface area contributed by atoms with E-state index < -0.39 is 58.7 Å². The molecule has 6 rings (SSSR count). The number of phenols is 1. The predicted molar refractivity (Wildman–Crippen MR) is 175 cm³/mol. The Balaban J connectivity index is 1.39. The molecular formula is C34H45N5O9. The van der Waals surface area contributed by atoms with E-state index in [1.165, 1.54) is 0 Å². The van der Waals surface area contributed by atoms with Crippen molar-refractivity contribution in [3.63, 3.8) is 0 Å². The van der Waals surface area contributed by atoms with Gasteiger partial charge >= 0.3 is 0 Å². The number of phenolic OH excluding ortho intramolecular Hbond substituents is 1. The van der Waals surface area contributed by atoms with Crippen molar-refractivity contribution in [2.75, 3.05) is 72.4 Å². The minimum atomic E-state index is -2.72. The highest BCUT2D eigenvalue weighted by Crippen LogP contribution is 2.54. The number of hydrogen-bond acceptors (Lipinski definition) is 13. The van der Waals surface area contributed by atoms with E-state index in [0.717, 1.165) is 26.2 Å². The lowest BCUT2D eigenvalue weighted by atomic mass is 9.54. The molecule has 260 valence electrons. The molecule has 1 aromatic carbocycles. The van der Waals surface area contributed by atoms with E-state index in [4.69, 9.17) is 10.2 Å². The van der Waals surface area contributed by atoms with Gasteiger partial charge in [0.05, 0.1) is 30.4 Å². The number of furan rings is 1. The number of aliphatic hydroxyl groups is 4. The number of nitrogens with zero attached hydrogens (tertiary/aromatic N) is 4. The van der Waals surface area contributed by atoms with Gasteiger partial charge in [0, 0.05) is 70.0 Å². The highest BCUT2D eigenvalue weighted by molar-refractivity contribution is 6.25. The van der Waals surface area contributed by atoms with Crippen LogP contribution in [0.2, 0.25) is 0 Å². The molecule has 2 saturated carbocycles. The standard InChI is InChI=1S/C34H45N5O9/c1-36(2)22-15-20(23-6-5-18(48-23)16-39-9-7-38(8-10-39)11-12-40)28(41)25-19(22)13-17-14-21-27(37(3)4)30(43)26(33(35)46)32(45)34(21,47)31(44)24(17)29(25)42/h5-6,15,17,21,26-27,30,40-43,47H,7-14,16H2,1-4H3,(H2,35,46)/t17-,21-,26?,27?,30?,34-/m0/s1. The Labute approximate surface area is 278 Å². The molecule has 2 aromatic rings. The number of fused-ring (bicyclic) bond motifs is 3. The van der Waals surface area contributed by atoms with E-state index in [9.17, 15) is 39.9 Å². The van der Waals surface area contributed by atoms with Gasteiger partial charge in [-0.1, -0.05) is 0 Å². The van der Waals surface area contributed by atoms with Crippen LogP contribution >= 0.6 is 0 Å². The lowest BCUT2D eigenvalue weighted by Gasteiger charge is -2.53. The second-order valence-corrected chi connectivity index (χ2v) is 13.9. The van der Waals surface area contributed by atoms with Crippen LogP contribution in [-0.4, -0.2) is 143 Å². The van der Waals surface area contributed by atoms with Crippen LogP contribution in [0.1, 0.15) is 23.3 Å². The number of benzene rings is 1. The van der Waals surface area contributed by atoms with Crippen LogP contribution in [0.25, 0.3) is 17.1 Å². The number of primary amides is 1. The minimum absolute atomic E-state index is 0.00899. The first-order chi connectivity index (χ1) is 22.7. The Morgan fingerprint density at radius 1 is 1.08 bits per heavy atom. The number of amides is 1. The van der Waals surface area contributed by atoms with Crippen molar-refractivity contribution in [3.8, 4) is 17.1 Å². The second kappa shape index (κ2) is 12.6. The quantitative estimate of drug-likeness (QED) is 0.198. The van der Waals surface area contributed by atoms with E-state index in [1.807, 2.05) is 25.1 Å². The fourth-order valence-electron chi connectivity index (χ4n) is 8.38. The number of nitrogens with two attached hydrogens (primary N) is 1. The number of rotatable bonds is 8. The molecule has 1 amide bonds. The summed E-state index contributed by atoms with van der Waals surface area (Å²) in [5.74, 6) is -6.80. The molecule has 7 N–H and O–H groups in total. The molecule has 1 saturated heterocycles. The van der Waals surface area contributed by atoms with Gasteiger partial charge in [-0.25, -0.2) is 0 Å². The third kappa shape index (κ3) is 5.31. The maximum atomic E-state index is 14.3. The second-order valence-electron chi connectivity index (χ2n) is 13.9. The van der Waals surface area contributed by atoms with Crippen molar-refractivity contribution < 1.29 is 44.3 Å². The average Bonchev–Trinajstić information content (AvgIpc) is 3.47. The topological polar surface area (TPSA) is 204 Å². The highest BCUT2D eigenvalue weighted by Gasteiger charge is 2.67. The van der Waals surface area contributed by atoms with Gasteiger partial charge in [-0.05, 0) is 56.6 Å². The normalized spacial score (nSPS) is 29.5. The molecule has 0 bridgehead atoms. The first-order valence-corrected chi connectivity index (χ1v) is 16.3. The van der Waals surface area contributed by atoms with Crippen molar-refractivity contribution in [2.45, 2.75) is 37.1 Å². The third-order valence-electron chi connectivity index (χ3n) is 10.7. The average molecular weight is 668 g/mol. The number of carbonyl (C=O) groups is 3. The summed E-state index contributed by atoms with van der Waals surface area (Å²) in [7, 11) is 6.89. The van der Waals surface area contributed by atoms with Crippen LogP contribution in [0.5, 0.6) is 5.75 Å². The van der Waals surface area contributed by atoms with Crippen LogP contribution in [-0.2, 0) is 27.3 Å². The Kier molecular flexibility index (Phi) is 8.94. The largest absolute Gasteiger partial charge is 0.507 e. The Hall–Kier alpha value is -3.79. The van der Waals surface area contributed by atoms with E-state index in [-0.39, 0.29) is 36.3 Å². The number of aromatic hydroxyl groups is 1. The molecule has 3 fully saturated rings. The number of aliphatic hydroxyl groups excluding tert-OH is 3. The van der Waals surface area contributed by atoms with Gasteiger partial charge < -0.3 is 45.5 Å². The summed E-state index contributed by atoms with van der Waals surface area (Å²) in [6.07, 6.45) is -1.30. The molecule has 4 aliphatic rings. The van der Waals surface area contributed by atoms with Crippen molar-refractivity contribution in [1.29, 1.82) is 0 Å². The summed E-state index contributed by atoms with van der Waals surface area (Å²) in [5, 5.41) is 55.8. The van der Waals surface area contributed by atoms with Gasteiger partial charge in [0.2, 0.25) is 11.7 Å². The molecule has 6 atom stereocenters. The van der Waals surface area contributed by atoms with Crippen LogP contribution in [0.4, 0.5) is 5.69 Å². The van der Waals surface area contributed by atoms with Crippen LogP contribution in [0.3, 0.4) is 0 Å². The van der Waals surface area contributed by atoms with E-state index >= 15 is 0 Å². The van der Waals surface area contributed by atoms with Gasteiger partial charge in [-0.2, -0.15) is 0 Å². The van der Waals surface area contributed by atoms with Crippen LogP contribution in [0, 0.1) is 17.8 Å². The molecule has 0 radical (unpaired) electrons. The maximum absolute atomic E-state index is 14.3. The molecule has 1 aromatic heterocycles. The van der Waals surface area contributed by atoms with Crippen LogP contribution < -0.4 is 10.6 Å². The van der Waals surface area contributed by atoms with Crippen molar-refractivity contribution in [3.05, 3.63) is 40.7 Å². The molecule has 48 heavy (non-hydrogen) atoms. The number of Topliss-reactive ketones (excluding diaryl/α,β-unsaturated/α-hetero) is 2. The van der Waals surface area contributed by atoms with Gasteiger partial charge in [-0.3, -0.25) is 24.2 Å². The highest BCUT2D eigenvalue weighted by atomic mass is 16.3. The van der Waals surface area contributed by atoms with Crippen molar-refractivity contribution in [2.24, 2.45) is 23.5 Å².